The summed E-state index contributed by atoms with van der Waals surface area (Å²) in [5.41, 5.74) is 0.324. The van der Waals surface area contributed by atoms with E-state index < -0.39 is 16.0 Å². The van der Waals surface area contributed by atoms with Crippen LogP contribution in [0.1, 0.15) is 36.0 Å². The van der Waals surface area contributed by atoms with Crippen molar-refractivity contribution in [1.29, 1.82) is 0 Å². The molecule has 0 saturated carbocycles. The molecule has 0 radical (unpaired) electrons. The third-order valence-corrected chi connectivity index (χ3v) is 4.66. The summed E-state index contributed by atoms with van der Waals surface area (Å²) >= 11 is 0. The number of piperidine rings is 1. The summed E-state index contributed by atoms with van der Waals surface area (Å²) < 4.78 is 22.4. The molecule has 1 aliphatic rings. The van der Waals surface area contributed by atoms with E-state index in [4.69, 9.17) is 10.2 Å². The topological polar surface area (TPSA) is 118 Å². The lowest BCUT2D eigenvalue weighted by Gasteiger charge is -2.35. The Kier molecular flexibility index (Phi) is 4.82. The molecule has 1 unspecified atom stereocenters. The maximum Gasteiger partial charge on any atom is 0.305 e. The number of carbonyl (C=O) groups is 2. The van der Waals surface area contributed by atoms with E-state index in [1.807, 2.05) is 0 Å². The number of rotatable bonds is 4. The fourth-order valence-electron chi connectivity index (χ4n) is 2.63. The predicted molar refractivity (Wildman–Crippen MR) is 78.7 cm³/mol. The minimum absolute atomic E-state index is 0.0650. The van der Waals surface area contributed by atoms with Crippen molar-refractivity contribution in [2.75, 3.05) is 6.54 Å². The van der Waals surface area contributed by atoms with E-state index >= 15 is 0 Å². The molecule has 1 heterocycles. The lowest BCUT2D eigenvalue weighted by atomic mass is 9.98. The highest BCUT2D eigenvalue weighted by Gasteiger charge is 2.29. The van der Waals surface area contributed by atoms with Crippen LogP contribution in [0.3, 0.4) is 0 Å². The van der Waals surface area contributed by atoms with Gasteiger partial charge in [0, 0.05) is 18.2 Å². The maximum absolute atomic E-state index is 12.5. The van der Waals surface area contributed by atoms with Gasteiger partial charge >= 0.3 is 5.97 Å². The lowest BCUT2D eigenvalue weighted by molar-refractivity contribution is -0.138. The highest BCUT2D eigenvalue weighted by atomic mass is 32.2. The molecule has 0 bridgehead atoms. The van der Waals surface area contributed by atoms with E-state index in [1.165, 1.54) is 24.3 Å². The fraction of sp³-hybridized carbons (Fsp3) is 0.429. The number of aliphatic carboxylic acids is 1. The molecule has 3 N–H and O–H groups in total. The Balaban J connectivity index is 2.20. The zero-order valence-electron chi connectivity index (χ0n) is 11.9. The Labute approximate surface area is 128 Å². The average Bonchev–Trinajstić information content (AvgIpc) is 2.46. The van der Waals surface area contributed by atoms with E-state index in [2.05, 4.69) is 0 Å². The summed E-state index contributed by atoms with van der Waals surface area (Å²) in [5.74, 6) is -1.22. The van der Waals surface area contributed by atoms with Crippen LogP contribution in [-0.2, 0) is 14.8 Å². The van der Waals surface area contributed by atoms with Crippen molar-refractivity contribution in [2.45, 2.75) is 36.6 Å². The third-order valence-electron chi connectivity index (χ3n) is 3.73. The molecular weight excluding hydrogens is 308 g/mol. The van der Waals surface area contributed by atoms with Crippen LogP contribution in [0.15, 0.2) is 29.2 Å². The second-order valence-electron chi connectivity index (χ2n) is 5.32. The van der Waals surface area contributed by atoms with Crippen LogP contribution in [0.2, 0.25) is 0 Å². The summed E-state index contributed by atoms with van der Waals surface area (Å²) in [6.45, 7) is 0.508. The molecule has 1 aliphatic heterocycles. The number of sulfonamides is 1. The second kappa shape index (κ2) is 6.45. The van der Waals surface area contributed by atoms with Gasteiger partial charge < -0.3 is 10.0 Å². The molecule has 8 heteroatoms. The number of hydrogen-bond donors (Lipinski definition) is 2. The average molecular weight is 326 g/mol. The first-order chi connectivity index (χ1) is 10.3. The van der Waals surface area contributed by atoms with Crippen molar-refractivity contribution in [3.8, 4) is 0 Å². The van der Waals surface area contributed by atoms with Crippen LogP contribution >= 0.6 is 0 Å². The first kappa shape index (κ1) is 16.4. The van der Waals surface area contributed by atoms with Gasteiger partial charge in [-0.3, -0.25) is 9.59 Å². The Morgan fingerprint density at radius 3 is 2.41 bits per heavy atom. The van der Waals surface area contributed by atoms with Crippen molar-refractivity contribution in [3.05, 3.63) is 29.8 Å². The molecule has 0 spiro atoms. The summed E-state index contributed by atoms with van der Waals surface area (Å²) in [4.78, 5) is 24.9. The van der Waals surface area contributed by atoms with E-state index in [0.29, 0.717) is 18.5 Å². The fourth-order valence-corrected chi connectivity index (χ4v) is 3.15. The number of nitrogens with zero attached hydrogens (tertiary/aromatic N) is 1. The first-order valence-corrected chi connectivity index (χ1v) is 8.49. The van der Waals surface area contributed by atoms with E-state index in [-0.39, 0.29) is 23.3 Å². The lowest BCUT2D eigenvalue weighted by Crippen LogP contribution is -2.44. The van der Waals surface area contributed by atoms with Gasteiger partial charge in [0.2, 0.25) is 10.0 Å². The third kappa shape index (κ3) is 3.83. The zero-order valence-corrected chi connectivity index (χ0v) is 12.8. The molecule has 0 aliphatic carbocycles. The van der Waals surface area contributed by atoms with Crippen LogP contribution in [0.4, 0.5) is 0 Å². The number of benzene rings is 1. The van der Waals surface area contributed by atoms with E-state index in [1.54, 1.807) is 4.90 Å². The molecule has 1 aromatic carbocycles. The van der Waals surface area contributed by atoms with Gasteiger partial charge in [0.1, 0.15) is 0 Å². The second-order valence-corrected chi connectivity index (χ2v) is 6.88. The van der Waals surface area contributed by atoms with Gasteiger partial charge in [-0.2, -0.15) is 0 Å². The van der Waals surface area contributed by atoms with E-state index in [0.717, 1.165) is 12.8 Å². The minimum atomic E-state index is -3.80. The van der Waals surface area contributed by atoms with Crippen molar-refractivity contribution >= 4 is 21.9 Å². The molecule has 1 saturated heterocycles. The zero-order chi connectivity index (χ0) is 16.3. The maximum atomic E-state index is 12.5. The number of hydrogen-bond acceptors (Lipinski definition) is 4. The smallest absolute Gasteiger partial charge is 0.305 e. The molecule has 0 aromatic heterocycles. The van der Waals surface area contributed by atoms with Crippen molar-refractivity contribution in [1.82, 2.24) is 4.90 Å². The van der Waals surface area contributed by atoms with Crippen LogP contribution in [0.5, 0.6) is 0 Å². The van der Waals surface area contributed by atoms with Crippen molar-refractivity contribution in [3.63, 3.8) is 0 Å². The SMILES string of the molecule is NS(=O)(=O)c1ccc(C(=O)N2CCCCC2CC(=O)O)cc1. The van der Waals surface area contributed by atoms with Gasteiger partial charge in [0.15, 0.2) is 0 Å². The van der Waals surface area contributed by atoms with E-state index in [9.17, 15) is 18.0 Å². The van der Waals surface area contributed by atoms with Gasteiger partial charge in [-0.1, -0.05) is 0 Å². The summed E-state index contributed by atoms with van der Waals surface area (Å²) in [5, 5.41) is 14.0. The molecule has 1 fully saturated rings. The number of amides is 1. The number of carbonyl (C=O) groups excluding carboxylic acids is 1. The van der Waals surface area contributed by atoms with Crippen molar-refractivity contribution < 1.29 is 23.1 Å². The highest BCUT2D eigenvalue weighted by molar-refractivity contribution is 7.89. The quantitative estimate of drug-likeness (QED) is 0.848. The van der Waals surface area contributed by atoms with Crippen molar-refractivity contribution in [2.24, 2.45) is 5.14 Å². The molecule has 22 heavy (non-hydrogen) atoms. The van der Waals surface area contributed by atoms with Gasteiger partial charge in [-0.05, 0) is 43.5 Å². The molecule has 2 rings (SSSR count). The number of likely N-dealkylation sites (tertiary alicyclic amines) is 1. The predicted octanol–water partition coefficient (Wildman–Crippen LogP) is 0.803. The summed E-state index contributed by atoms with van der Waals surface area (Å²) in [6.07, 6.45) is 2.30. The van der Waals surface area contributed by atoms with Gasteiger partial charge in [0.05, 0.1) is 11.3 Å². The highest BCUT2D eigenvalue weighted by Crippen LogP contribution is 2.22. The first-order valence-electron chi connectivity index (χ1n) is 6.94. The summed E-state index contributed by atoms with van der Waals surface area (Å²) in [6, 6.07) is 5.03. The number of carboxylic acid groups (broad SMARTS) is 1. The normalized spacial score (nSPS) is 19.0. The summed E-state index contributed by atoms with van der Waals surface area (Å²) in [7, 11) is -3.80. The molecular formula is C14H18N2O5S. The van der Waals surface area contributed by atoms with Crippen LogP contribution < -0.4 is 5.14 Å². The molecule has 1 amide bonds. The standard InChI is InChI=1S/C14H18N2O5S/c15-22(20,21)12-6-4-10(5-7-12)14(19)16-8-2-1-3-11(16)9-13(17)18/h4-7,11H,1-3,8-9H2,(H,17,18)(H2,15,20,21). The van der Waals surface area contributed by atoms with Crippen LogP contribution in [0, 0.1) is 0 Å². The molecule has 1 atom stereocenters. The Hall–Kier alpha value is -1.93. The molecule has 1 aromatic rings. The molecule has 120 valence electrons. The Bertz CT molecular complexity index is 669. The van der Waals surface area contributed by atoms with Gasteiger partial charge in [-0.15, -0.1) is 0 Å². The van der Waals surface area contributed by atoms with Crippen LogP contribution in [-0.4, -0.2) is 42.9 Å². The van der Waals surface area contributed by atoms with Crippen LogP contribution in [0.25, 0.3) is 0 Å². The monoisotopic (exact) mass is 326 g/mol. The number of carboxylic acids is 1. The largest absolute Gasteiger partial charge is 0.481 e. The Morgan fingerprint density at radius 1 is 1.23 bits per heavy atom. The number of primary sulfonamides is 1. The van der Waals surface area contributed by atoms with Gasteiger partial charge in [-0.25, -0.2) is 13.6 Å². The number of nitrogens with two attached hydrogens (primary N) is 1. The minimum Gasteiger partial charge on any atom is -0.481 e. The Morgan fingerprint density at radius 2 is 1.86 bits per heavy atom. The molecule has 7 nitrogen and oxygen atoms in total. The van der Waals surface area contributed by atoms with Gasteiger partial charge in [0.25, 0.3) is 5.91 Å².